The first-order valence-corrected chi connectivity index (χ1v) is 10.5. The van der Waals surface area contributed by atoms with Crippen molar-refractivity contribution in [1.82, 2.24) is 5.48 Å². The summed E-state index contributed by atoms with van der Waals surface area (Å²) in [6.07, 6.45) is 12.0. The number of thioether (sulfide) groups is 1. The van der Waals surface area contributed by atoms with Crippen molar-refractivity contribution in [2.45, 2.75) is 92.0 Å². The molecule has 1 aliphatic heterocycles. The number of hydroxylamine groups is 1. The quantitative estimate of drug-likeness (QED) is 0.268. The van der Waals surface area contributed by atoms with Gasteiger partial charge in [-0.25, -0.2) is 4.79 Å². The molecule has 0 aromatic heterocycles. The van der Waals surface area contributed by atoms with E-state index in [2.05, 4.69) is 25.3 Å². The maximum atomic E-state index is 11.6. The summed E-state index contributed by atoms with van der Waals surface area (Å²) in [5, 5.41) is 7.71. The lowest BCUT2D eigenvalue weighted by molar-refractivity contribution is -0.152. The molecule has 7 heteroatoms. The maximum absolute atomic E-state index is 11.6. The molecule has 1 unspecified atom stereocenters. The molecular weight excluding hydrogens is 376 g/mol. The number of terminal acetylenes is 1. The van der Waals surface area contributed by atoms with E-state index in [1.165, 1.54) is 17.3 Å². The van der Waals surface area contributed by atoms with Gasteiger partial charge in [0.25, 0.3) is 0 Å². The van der Waals surface area contributed by atoms with Crippen LogP contribution in [0.25, 0.3) is 0 Å². The number of carbonyl (C=O) groups excluding carboxylic acids is 1. The van der Waals surface area contributed by atoms with E-state index >= 15 is 0 Å². The predicted octanol–water partition coefficient (Wildman–Crippen LogP) is 5.68. The Morgan fingerprint density at radius 1 is 1.29 bits per heavy atom. The van der Waals surface area contributed by atoms with Gasteiger partial charge < -0.3 is 9.47 Å². The number of rotatable bonds is 4. The van der Waals surface area contributed by atoms with Gasteiger partial charge in [0.15, 0.2) is 0 Å². The Morgan fingerprint density at radius 2 is 1.82 bits per heavy atom. The van der Waals surface area contributed by atoms with Gasteiger partial charge in [0.2, 0.25) is 0 Å². The van der Waals surface area contributed by atoms with E-state index in [0.717, 1.165) is 30.1 Å². The number of amides is 1. The summed E-state index contributed by atoms with van der Waals surface area (Å²) < 4.78 is 11.0. The zero-order valence-electron chi connectivity index (χ0n) is 18.9. The van der Waals surface area contributed by atoms with E-state index in [4.69, 9.17) is 19.7 Å². The van der Waals surface area contributed by atoms with E-state index in [1.807, 2.05) is 34.0 Å². The third-order valence-corrected chi connectivity index (χ3v) is 4.62. The average molecular weight is 415 g/mol. The fourth-order valence-corrected chi connectivity index (χ4v) is 2.36. The fraction of sp³-hybridized carbons (Fsp3) is 0.714. The number of carbonyl (C=O) groups is 1. The van der Waals surface area contributed by atoms with Crippen LogP contribution in [-0.2, 0) is 14.3 Å². The van der Waals surface area contributed by atoms with Crippen LogP contribution in [0.5, 0.6) is 0 Å². The van der Waals surface area contributed by atoms with Gasteiger partial charge in [0, 0.05) is 0 Å². The minimum Gasteiger partial charge on any atom is -0.492 e. The summed E-state index contributed by atoms with van der Waals surface area (Å²) in [5.41, 5.74) is 2.43. The van der Waals surface area contributed by atoms with Gasteiger partial charge >= 0.3 is 6.09 Å². The molecule has 0 radical (unpaired) electrons. The maximum Gasteiger partial charge on any atom is 0.431 e. The summed E-state index contributed by atoms with van der Waals surface area (Å²) >= 11 is 1.51. The second-order valence-electron chi connectivity index (χ2n) is 7.77. The highest BCUT2D eigenvalue weighted by atomic mass is 32.2. The first kappa shape index (κ1) is 28.6. The largest absolute Gasteiger partial charge is 0.492 e. The van der Waals surface area contributed by atoms with Crippen LogP contribution in [0.15, 0.2) is 11.3 Å². The normalized spacial score (nSPS) is 16.5. The molecule has 0 bridgehead atoms. The second-order valence-corrected chi connectivity index (χ2v) is 8.67. The summed E-state index contributed by atoms with van der Waals surface area (Å²) in [6, 6.07) is 0. The Bertz CT molecular complexity index is 542. The molecule has 1 rings (SSSR count). The van der Waals surface area contributed by atoms with Crippen LogP contribution in [0, 0.1) is 18.3 Å². The standard InChI is InChI=1S/C15H27NO4.C4H9NS.C2H2/c1-10-8-9-12(18-11(10)2)15(6,7)20-16-13(17)19-14(3,4)5;1-3-4(5)6-2;1-2/h12H,8-9H2,1-7H3,(H,16,17);5H,3H2,1-2H3;1-2H. The van der Waals surface area contributed by atoms with E-state index in [-0.39, 0.29) is 6.10 Å². The van der Waals surface area contributed by atoms with Crippen LogP contribution >= 0.6 is 11.8 Å². The van der Waals surface area contributed by atoms with Gasteiger partial charge in [-0.05, 0) is 79.6 Å². The van der Waals surface area contributed by atoms with Crippen molar-refractivity contribution in [3.05, 3.63) is 11.3 Å². The lowest BCUT2D eigenvalue weighted by atomic mass is 9.93. The molecule has 1 aliphatic rings. The lowest BCUT2D eigenvalue weighted by Gasteiger charge is -2.37. The molecule has 1 amide bonds. The molecule has 0 aliphatic carbocycles. The highest BCUT2D eigenvalue weighted by molar-refractivity contribution is 8.13. The van der Waals surface area contributed by atoms with Crippen molar-refractivity contribution in [1.29, 1.82) is 5.41 Å². The van der Waals surface area contributed by atoms with Crippen LogP contribution in [0.3, 0.4) is 0 Å². The Kier molecular flexibility index (Phi) is 13.8. The summed E-state index contributed by atoms with van der Waals surface area (Å²) in [7, 11) is 0. The fourth-order valence-electron chi connectivity index (χ4n) is 2.07. The zero-order valence-corrected chi connectivity index (χ0v) is 19.7. The smallest absolute Gasteiger partial charge is 0.431 e. The van der Waals surface area contributed by atoms with Crippen LogP contribution in [0.1, 0.15) is 74.7 Å². The molecule has 162 valence electrons. The second kappa shape index (κ2) is 13.5. The first-order valence-electron chi connectivity index (χ1n) is 9.27. The molecule has 1 atom stereocenters. The topological polar surface area (TPSA) is 80.6 Å². The van der Waals surface area contributed by atoms with E-state index < -0.39 is 17.3 Å². The zero-order chi connectivity index (χ0) is 22.5. The van der Waals surface area contributed by atoms with Crippen molar-refractivity contribution in [3.8, 4) is 12.8 Å². The van der Waals surface area contributed by atoms with Crippen molar-refractivity contribution in [2.75, 3.05) is 6.26 Å². The highest BCUT2D eigenvalue weighted by Crippen LogP contribution is 2.30. The molecular formula is C21H38N2O4S. The van der Waals surface area contributed by atoms with Gasteiger partial charge in [-0.2, -0.15) is 5.48 Å². The summed E-state index contributed by atoms with van der Waals surface area (Å²) in [5.74, 6) is 0.940. The number of allylic oxidation sites excluding steroid dienone is 2. The lowest BCUT2D eigenvalue weighted by Crippen LogP contribution is -2.47. The van der Waals surface area contributed by atoms with E-state index in [0.29, 0.717) is 0 Å². The molecule has 1 heterocycles. The monoisotopic (exact) mass is 414 g/mol. The van der Waals surface area contributed by atoms with Gasteiger partial charge in [-0.15, -0.1) is 24.6 Å². The molecule has 0 saturated heterocycles. The molecule has 0 spiro atoms. The Hall–Kier alpha value is -1.65. The molecule has 0 aromatic carbocycles. The van der Waals surface area contributed by atoms with Crippen molar-refractivity contribution in [3.63, 3.8) is 0 Å². The van der Waals surface area contributed by atoms with Crippen LogP contribution in [0.4, 0.5) is 4.79 Å². The highest BCUT2D eigenvalue weighted by Gasteiger charge is 2.36. The molecule has 6 nitrogen and oxygen atoms in total. The van der Waals surface area contributed by atoms with Crippen molar-refractivity contribution >= 4 is 22.9 Å². The molecule has 0 saturated carbocycles. The van der Waals surface area contributed by atoms with E-state index in [1.54, 1.807) is 20.8 Å². The number of nitrogens with one attached hydrogen (secondary N) is 2. The van der Waals surface area contributed by atoms with Crippen LogP contribution in [-0.4, -0.2) is 34.7 Å². The minimum atomic E-state index is -0.626. The van der Waals surface area contributed by atoms with Gasteiger partial charge in [0.1, 0.15) is 17.3 Å². The van der Waals surface area contributed by atoms with Gasteiger partial charge in [0.05, 0.1) is 10.8 Å². The minimum absolute atomic E-state index is 0.0962. The average Bonchev–Trinajstić information content (AvgIpc) is 2.62. The molecule has 2 N–H and O–H groups in total. The number of ether oxygens (including phenoxy) is 2. The predicted molar refractivity (Wildman–Crippen MR) is 118 cm³/mol. The Morgan fingerprint density at radius 3 is 2.18 bits per heavy atom. The third-order valence-electron chi connectivity index (χ3n) is 3.84. The van der Waals surface area contributed by atoms with Crippen molar-refractivity contribution in [2.24, 2.45) is 0 Å². The Balaban J connectivity index is 0. The van der Waals surface area contributed by atoms with Crippen molar-refractivity contribution < 1.29 is 19.1 Å². The summed E-state index contributed by atoms with van der Waals surface area (Å²) in [4.78, 5) is 17.1. The molecule has 0 fully saturated rings. The van der Waals surface area contributed by atoms with Crippen LogP contribution in [0.2, 0.25) is 0 Å². The Labute approximate surface area is 175 Å². The van der Waals surface area contributed by atoms with Gasteiger partial charge in [-0.3, -0.25) is 10.2 Å². The van der Waals surface area contributed by atoms with Crippen LogP contribution < -0.4 is 5.48 Å². The van der Waals surface area contributed by atoms with Gasteiger partial charge in [-0.1, -0.05) is 6.92 Å². The molecule has 28 heavy (non-hydrogen) atoms. The number of hydrogen-bond acceptors (Lipinski definition) is 6. The third kappa shape index (κ3) is 12.7. The molecule has 0 aromatic rings. The first-order chi connectivity index (χ1) is 12.8. The SMILES string of the molecule is C#C.CC1=C(C)OC(C(C)(C)ONC(=O)OC(C)(C)C)CC1.CCC(=N)SC. The number of hydrogen-bond donors (Lipinski definition) is 2. The van der Waals surface area contributed by atoms with E-state index in [9.17, 15) is 4.79 Å². The summed E-state index contributed by atoms with van der Waals surface area (Å²) in [6.45, 7) is 15.2.